The summed E-state index contributed by atoms with van der Waals surface area (Å²) in [7, 11) is 8.69. The Hall–Kier alpha value is 1.76. The van der Waals surface area contributed by atoms with E-state index in [2.05, 4.69) is 52.9 Å². The van der Waals surface area contributed by atoms with Crippen LogP contribution >= 0.6 is 19.6 Å². The Labute approximate surface area is 52.7 Å². The molecule has 0 fully saturated rings. The fraction of sp³-hybridized carbons (Fsp3) is 0. The van der Waals surface area contributed by atoms with E-state index in [0.717, 1.165) is 0 Å². The van der Waals surface area contributed by atoms with Crippen LogP contribution in [0, 0.1) is 0 Å². The summed E-state index contributed by atoms with van der Waals surface area (Å²) in [6.07, 6.45) is 0. The van der Waals surface area contributed by atoms with Gasteiger partial charge in [-0.1, -0.05) is 0 Å². The molecule has 0 radical (unpaired) electrons. The summed E-state index contributed by atoms with van der Waals surface area (Å²) in [6.45, 7) is 0. The predicted octanol–water partition coefficient (Wildman–Crippen LogP) is 1.37. The predicted molar refractivity (Wildman–Crippen MR) is 11.7 cm³/mol. The van der Waals surface area contributed by atoms with Crippen molar-refractivity contribution in [2.24, 2.45) is 0 Å². The van der Waals surface area contributed by atoms with Gasteiger partial charge in [-0.2, -0.15) is 0 Å². The average Bonchev–Trinajstić information content (AvgIpc) is 1.50. The van der Waals surface area contributed by atoms with Gasteiger partial charge in [0.15, 0.2) is 0 Å². The molecule has 0 N–H and O–H groups in total. The van der Waals surface area contributed by atoms with Crippen molar-refractivity contribution in [2.75, 3.05) is 0 Å². The summed E-state index contributed by atoms with van der Waals surface area (Å²) in [5.41, 5.74) is 0. The Morgan fingerprint density at radius 3 is 1.25 bits per heavy atom. The van der Waals surface area contributed by atoms with Gasteiger partial charge in [0.2, 0.25) is 0 Å². The Balaban J connectivity index is 0. The monoisotopic (exact) mass is 239 g/mol. The number of hydrogen-bond acceptors (Lipinski definition) is 0. The molecule has 0 aromatic rings. The standard InChI is InChI=1S/2ClH.Cu.Pd/h2*1H;;/q;;2*+1/p-2. The van der Waals surface area contributed by atoms with Crippen LogP contribution in [0.5, 0.6) is 0 Å². The van der Waals surface area contributed by atoms with Crippen LogP contribution in [-0.4, -0.2) is 0 Å². The van der Waals surface area contributed by atoms with Crippen LogP contribution in [0.2, 0.25) is 0 Å². The third-order valence-electron chi connectivity index (χ3n) is 0. The second kappa shape index (κ2) is 21.7. The molecule has 0 nitrogen and oxygen atoms in total. The van der Waals surface area contributed by atoms with Crippen molar-refractivity contribution in [3.05, 3.63) is 0 Å². The first-order valence-electron chi connectivity index (χ1n) is 0.233. The molecule has 0 aliphatic heterocycles. The van der Waals surface area contributed by atoms with Crippen LogP contribution < -0.4 is 0 Å². The van der Waals surface area contributed by atoms with Crippen LogP contribution in [0.3, 0.4) is 0 Å². The van der Waals surface area contributed by atoms with E-state index in [-0.39, 0.29) is 0 Å². The quantitative estimate of drug-likeness (QED) is 0.562. The van der Waals surface area contributed by atoms with Gasteiger partial charge < -0.3 is 0 Å². The zero-order chi connectivity index (χ0) is 4.00. The summed E-state index contributed by atoms with van der Waals surface area (Å²) in [6, 6.07) is 0. The van der Waals surface area contributed by atoms with E-state index in [0.29, 0.717) is 0 Å². The Morgan fingerprint density at radius 1 is 1.25 bits per heavy atom. The van der Waals surface area contributed by atoms with Gasteiger partial charge in [0.25, 0.3) is 0 Å². The van der Waals surface area contributed by atoms with Crippen molar-refractivity contribution in [3.8, 4) is 0 Å². The fourth-order valence-electron chi connectivity index (χ4n) is 0. The van der Waals surface area contributed by atoms with Crippen LogP contribution in [0.25, 0.3) is 0 Å². The molecule has 0 saturated heterocycles. The molecule has 0 aliphatic carbocycles. The fourth-order valence-corrected chi connectivity index (χ4v) is 0. The van der Waals surface area contributed by atoms with E-state index < -0.39 is 0 Å². The molecule has 4 heavy (non-hydrogen) atoms. The van der Waals surface area contributed by atoms with Crippen LogP contribution in [0.4, 0.5) is 0 Å². The van der Waals surface area contributed by atoms with Gasteiger partial charge in [-0.25, -0.2) is 0 Å². The van der Waals surface area contributed by atoms with Gasteiger partial charge >= 0.3 is 52.9 Å². The summed E-state index contributed by atoms with van der Waals surface area (Å²) in [5, 5.41) is 0. The van der Waals surface area contributed by atoms with Crippen LogP contribution in [-0.2, 0) is 33.3 Å². The molecule has 35 valence electrons. The van der Waals surface area contributed by atoms with Gasteiger partial charge in [-0.15, -0.1) is 0 Å². The zero-order valence-electron chi connectivity index (χ0n) is 1.37. The van der Waals surface area contributed by atoms with Crippen molar-refractivity contribution in [2.45, 2.75) is 0 Å². The molecule has 0 atom stereocenters. The van der Waals surface area contributed by atoms with E-state index in [9.17, 15) is 0 Å². The third-order valence-corrected chi connectivity index (χ3v) is 0. The van der Waals surface area contributed by atoms with Crippen molar-refractivity contribution in [1.29, 1.82) is 0 Å². The normalized spacial score (nSPS) is 3.50. The molecule has 0 aromatic carbocycles. The maximum absolute atomic E-state index is 4.49. The van der Waals surface area contributed by atoms with Crippen molar-refractivity contribution >= 4 is 19.6 Å². The molecule has 0 aromatic heterocycles. The Morgan fingerprint density at radius 2 is 1.25 bits per heavy atom. The van der Waals surface area contributed by atoms with Gasteiger partial charge in [0.1, 0.15) is 0 Å². The molecule has 0 spiro atoms. The summed E-state index contributed by atoms with van der Waals surface area (Å²) >= 11 is 5.88. The van der Waals surface area contributed by atoms with E-state index in [4.69, 9.17) is 0 Å². The third kappa shape index (κ3) is 9.24. The number of hydrogen-bond donors (Lipinski definition) is 0. The summed E-state index contributed by atoms with van der Waals surface area (Å²) in [4.78, 5) is 0. The van der Waals surface area contributed by atoms with Gasteiger partial charge in [0, 0.05) is 0 Å². The molecule has 0 aliphatic rings. The van der Waals surface area contributed by atoms with E-state index in [1.807, 2.05) is 0 Å². The maximum atomic E-state index is 4.49. The zero-order valence-corrected chi connectivity index (χ0v) is 5.38. The molecular weight excluding hydrogens is 241 g/mol. The molecular formula is Cl2CuPd. The Kier molecular flexibility index (Phi) is 50.1. The molecule has 4 heteroatoms. The molecule has 0 bridgehead atoms. The van der Waals surface area contributed by atoms with Crippen LogP contribution in [0.1, 0.15) is 0 Å². The van der Waals surface area contributed by atoms with E-state index >= 15 is 0 Å². The molecule has 0 rings (SSSR count). The average molecular weight is 241 g/mol. The SMILES string of the molecule is [Cl][Cu].[Cl][Pd]. The van der Waals surface area contributed by atoms with Gasteiger partial charge in [0.05, 0.1) is 0 Å². The molecule has 0 amide bonds. The van der Waals surface area contributed by atoms with Gasteiger partial charge in [-0.3, -0.25) is 0 Å². The van der Waals surface area contributed by atoms with E-state index in [1.165, 1.54) is 0 Å². The minimum atomic E-state index is 2.22. The first-order chi connectivity index (χ1) is 2.00. The van der Waals surface area contributed by atoms with Crippen molar-refractivity contribution in [1.82, 2.24) is 0 Å². The van der Waals surface area contributed by atoms with Crippen molar-refractivity contribution < 1.29 is 33.3 Å². The Bertz CT molecular complexity index is 6.00. The number of halogens is 2. The second-order valence-corrected chi connectivity index (χ2v) is 0. The second-order valence-electron chi connectivity index (χ2n) is 0. The minimum absolute atomic E-state index is 2.22. The first kappa shape index (κ1) is 9.23. The molecule has 0 unspecified atom stereocenters. The molecule has 0 saturated carbocycles. The first-order valence-corrected chi connectivity index (χ1v) is 3.53. The van der Waals surface area contributed by atoms with Gasteiger partial charge in [-0.05, 0) is 0 Å². The topological polar surface area (TPSA) is 0 Å². The van der Waals surface area contributed by atoms with E-state index in [1.54, 1.807) is 0 Å². The van der Waals surface area contributed by atoms with Crippen molar-refractivity contribution in [3.63, 3.8) is 0 Å². The summed E-state index contributed by atoms with van der Waals surface area (Å²) < 4.78 is 0. The summed E-state index contributed by atoms with van der Waals surface area (Å²) in [5.74, 6) is 0. The number of rotatable bonds is 0. The van der Waals surface area contributed by atoms with Crippen LogP contribution in [0.15, 0.2) is 0 Å². The molecule has 0 heterocycles.